The summed E-state index contributed by atoms with van der Waals surface area (Å²) in [5, 5.41) is 21.5. The Morgan fingerprint density at radius 3 is 2.41 bits per heavy atom. The van der Waals surface area contributed by atoms with Crippen LogP contribution in [-0.2, 0) is 0 Å². The molecule has 29 heavy (non-hydrogen) atoms. The van der Waals surface area contributed by atoms with E-state index in [0.29, 0.717) is 23.4 Å². The van der Waals surface area contributed by atoms with Crippen molar-refractivity contribution < 1.29 is 23.9 Å². The highest BCUT2D eigenvalue weighted by Crippen LogP contribution is 2.43. The minimum Gasteiger partial charge on any atom is -0.493 e. The number of ether oxygens (including phenoxy) is 3. The molecule has 1 amide bonds. The van der Waals surface area contributed by atoms with Gasteiger partial charge in [-0.3, -0.25) is 14.9 Å². The Morgan fingerprint density at radius 1 is 1.17 bits per heavy atom. The van der Waals surface area contributed by atoms with Crippen molar-refractivity contribution in [2.45, 2.75) is 6.92 Å². The van der Waals surface area contributed by atoms with Crippen LogP contribution in [0, 0.1) is 15.5 Å². The first-order valence-electron chi connectivity index (χ1n) is 8.56. The summed E-state index contributed by atoms with van der Waals surface area (Å²) < 4.78 is 16.4. The second-order valence-electron chi connectivity index (χ2n) is 5.78. The van der Waals surface area contributed by atoms with Gasteiger partial charge in [0, 0.05) is 24.4 Å². The van der Waals surface area contributed by atoms with Gasteiger partial charge in [0.05, 0.1) is 19.1 Å². The highest BCUT2D eigenvalue weighted by atomic mass is 16.6. The van der Waals surface area contributed by atoms with Crippen molar-refractivity contribution in [2.75, 3.05) is 20.8 Å². The normalized spacial score (nSPS) is 10.0. The Kier molecular flexibility index (Phi) is 6.91. The van der Waals surface area contributed by atoms with Crippen LogP contribution in [0.25, 0.3) is 5.57 Å². The number of rotatable bonds is 9. The predicted molar refractivity (Wildman–Crippen MR) is 109 cm³/mol. The number of benzene rings is 2. The van der Waals surface area contributed by atoms with Gasteiger partial charge in [0.15, 0.2) is 11.5 Å². The number of nitro benzene ring substituents is 1. The lowest BCUT2D eigenvalue weighted by Crippen LogP contribution is -2.22. The monoisotopic (exact) mass is 399 g/mol. The van der Waals surface area contributed by atoms with Crippen molar-refractivity contribution in [3.05, 3.63) is 58.2 Å². The van der Waals surface area contributed by atoms with Gasteiger partial charge in [-0.15, -0.1) is 0 Å². The number of nitro groups is 1. The first-order valence-corrected chi connectivity index (χ1v) is 8.56. The van der Waals surface area contributed by atoms with Crippen molar-refractivity contribution in [3.63, 3.8) is 0 Å². The van der Waals surface area contributed by atoms with Crippen molar-refractivity contribution in [2.24, 2.45) is 0 Å². The molecule has 9 heteroatoms. The summed E-state index contributed by atoms with van der Waals surface area (Å²) >= 11 is 0. The number of nitrogens with zero attached hydrogens (tertiary/aromatic N) is 1. The van der Waals surface area contributed by atoms with Crippen LogP contribution in [0.2, 0.25) is 0 Å². The Balaban J connectivity index is 2.57. The summed E-state index contributed by atoms with van der Waals surface area (Å²) in [5.74, 6) is 0.158. The van der Waals surface area contributed by atoms with E-state index in [1.54, 1.807) is 13.0 Å². The Hall–Kier alpha value is -3.88. The maximum Gasteiger partial charge on any atom is 0.312 e. The molecule has 2 N–H and O–H groups in total. The molecule has 2 aromatic rings. The van der Waals surface area contributed by atoms with E-state index in [0.717, 1.165) is 12.3 Å². The van der Waals surface area contributed by atoms with Gasteiger partial charge in [-0.2, -0.15) is 0 Å². The second-order valence-corrected chi connectivity index (χ2v) is 5.78. The van der Waals surface area contributed by atoms with E-state index >= 15 is 0 Å². The Morgan fingerprint density at radius 2 is 1.86 bits per heavy atom. The summed E-state index contributed by atoms with van der Waals surface area (Å²) in [6, 6.07) is 7.07. The van der Waals surface area contributed by atoms with Crippen LogP contribution >= 0.6 is 0 Å². The highest BCUT2D eigenvalue weighted by molar-refractivity contribution is 6.07. The summed E-state index contributed by atoms with van der Waals surface area (Å²) in [6.45, 7) is 5.91. The number of carbonyl (C=O) groups is 1. The van der Waals surface area contributed by atoms with Crippen LogP contribution < -0.4 is 19.5 Å². The molecule has 0 aliphatic carbocycles. The van der Waals surface area contributed by atoms with Crippen LogP contribution in [0.3, 0.4) is 0 Å². The molecule has 0 saturated carbocycles. The van der Waals surface area contributed by atoms with E-state index in [1.807, 2.05) is 0 Å². The highest BCUT2D eigenvalue weighted by Gasteiger charge is 2.22. The standard InChI is InChI=1S/C20H21N3O6/c1-5-22-20(24)13-6-7-16(15(8-13)23(25)26)29-18-10-14(12(2)11-21)9-17(27-3)19(18)28-4/h6-11,21H,2,5H2,1,3-4H3,(H,22,24). The molecule has 2 rings (SSSR count). The predicted octanol–water partition coefficient (Wildman–Crippen LogP) is 3.82. The molecule has 152 valence electrons. The van der Waals surface area contributed by atoms with Gasteiger partial charge in [-0.05, 0) is 42.3 Å². The zero-order valence-electron chi connectivity index (χ0n) is 16.3. The van der Waals surface area contributed by atoms with Crippen molar-refractivity contribution in [1.82, 2.24) is 5.32 Å². The lowest BCUT2D eigenvalue weighted by Gasteiger charge is -2.16. The Labute approximate surface area is 167 Å². The fourth-order valence-corrected chi connectivity index (χ4v) is 2.54. The fraction of sp³-hybridized carbons (Fsp3) is 0.200. The average molecular weight is 399 g/mol. The molecule has 0 heterocycles. The molecule has 0 aliphatic heterocycles. The number of hydrogen-bond acceptors (Lipinski definition) is 7. The smallest absolute Gasteiger partial charge is 0.312 e. The van der Waals surface area contributed by atoms with Crippen molar-refractivity contribution >= 4 is 23.4 Å². The summed E-state index contributed by atoms with van der Waals surface area (Å²) in [7, 11) is 2.84. The maximum atomic E-state index is 12.0. The van der Waals surface area contributed by atoms with Crippen molar-refractivity contribution in [3.8, 4) is 23.0 Å². The third kappa shape index (κ3) is 4.70. The van der Waals surface area contributed by atoms with Crippen LogP contribution in [0.1, 0.15) is 22.8 Å². The molecule has 0 bridgehead atoms. The molecule has 0 fully saturated rings. The van der Waals surface area contributed by atoms with Crippen LogP contribution in [-0.4, -0.2) is 37.8 Å². The third-order valence-corrected chi connectivity index (χ3v) is 3.96. The summed E-state index contributed by atoms with van der Waals surface area (Å²) in [5.41, 5.74) is 0.665. The van der Waals surface area contributed by atoms with E-state index in [2.05, 4.69) is 11.9 Å². The van der Waals surface area contributed by atoms with E-state index in [4.69, 9.17) is 19.6 Å². The maximum absolute atomic E-state index is 12.0. The van der Waals surface area contributed by atoms with Gasteiger partial charge < -0.3 is 24.9 Å². The fourth-order valence-electron chi connectivity index (χ4n) is 2.54. The number of nitrogens with one attached hydrogen (secondary N) is 2. The molecule has 0 aliphatic rings. The average Bonchev–Trinajstić information content (AvgIpc) is 2.72. The number of amides is 1. The minimum atomic E-state index is -0.637. The Bertz CT molecular complexity index is 971. The molecule has 0 aromatic heterocycles. The largest absolute Gasteiger partial charge is 0.493 e. The van der Waals surface area contributed by atoms with E-state index in [1.165, 1.54) is 32.4 Å². The SMILES string of the molecule is C=C(C=N)c1cc(OC)c(OC)c(Oc2ccc(C(=O)NCC)cc2[N+](=O)[O-])c1. The van der Waals surface area contributed by atoms with E-state index < -0.39 is 10.8 Å². The van der Waals surface area contributed by atoms with Crippen LogP contribution in [0.15, 0.2) is 36.9 Å². The van der Waals surface area contributed by atoms with Gasteiger partial charge in [0.25, 0.3) is 5.91 Å². The lowest BCUT2D eigenvalue weighted by molar-refractivity contribution is -0.385. The number of hydrogen-bond donors (Lipinski definition) is 2. The molecular weight excluding hydrogens is 378 g/mol. The molecule has 0 saturated heterocycles. The topological polar surface area (TPSA) is 124 Å². The first-order chi connectivity index (χ1) is 13.9. The molecule has 0 spiro atoms. The summed E-state index contributed by atoms with van der Waals surface area (Å²) in [6.07, 6.45) is 1.06. The third-order valence-electron chi connectivity index (χ3n) is 3.96. The number of carbonyl (C=O) groups excluding carboxylic acids is 1. The van der Waals surface area contributed by atoms with Gasteiger partial charge in [-0.25, -0.2) is 0 Å². The van der Waals surface area contributed by atoms with Gasteiger partial charge in [0.1, 0.15) is 0 Å². The zero-order chi connectivity index (χ0) is 21.6. The summed E-state index contributed by atoms with van der Waals surface area (Å²) in [4.78, 5) is 22.9. The van der Waals surface area contributed by atoms with Gasteiger partial charge in [-0.1, -0.05) is 6.58 Å². The zero-order valence-corrected chi connectivity index (χ0v) is 16.3. The van der Waals surface area contributed by atoms with Crippen LogP contribution in [0.4, 0.5) is 5.69 Å². The van der Waals surface area contributed by atoms with Crippen molar-refractivity contribution in [1.29, 1.82) is 5.41 Å². The molecule has 0 atom stereocenters. The van der Waals surface area contributed by atoms with Gasteiger partial charge >= 0.3 is 5.69 Å². The molecule has 0 radical (unpaired) electrons. The lowest BCUT2D eigenvalue weighted by atomic mass is 10.1. The molecule has 2 aromatic carbocycles. The first kappa shape index (κ1) is 21.4. The quantitative estimate of drug-likeness (QED) is 0.375. The molecule has 0 unspecified atom stereocenters. The molecular formula is C20H21N3O6. The molecule has 9 nitrogen and oxygen atoms in total. The number of allylic oxidation sites excluding steroid dienone is 1. The van der Waals surface area contributed by atoms with Gasteiger partial charge in [0.2, 0.25) is 11.5 Å². The van der Waals surface area contributed by atoms with E-state index in [9.17, 15) is 14.9 Å². The minimum absolute atomic E-state index is 0.0824. The van der Waals surface area contributed by atoms with Crippen LogP contribution in [0.5, 0.6) is 23.0 Å². The number of methoxy groups -OCH3 is 2. The van der Waals surface area contributed by atoms with E-state index in [-0.39, 0.29) is 28.5 Å². The second kappa shape index (κ2) is 9.36.